The smallest absolute Gasteiger partial charge is 0.247 e. The molecule has 0 spiro atoms. The summed E-state index contributed by atoms with van der Waals surface area (Å²) < 4.78 is 0. The highest BCUT2D eigenvalue weighted by Crippen LogP contribution is 2.23. The van der Waals surface area contributed by atoms with E-state index < -0.39 is 5.54 Å². The van der Waals surface area contributed by atoms with Crippen molar-refractivity contribution in [3.05, 3.63) is 12.7 Å². The van der Waals surface area contributed by atoms with Crippen molar-refractivity contribution in [1.82, 2.24) is 16.0 Å². The maximum Gasteiger partial charge on any atom is 0.247 e. The summed E-state index contributed by atoms with van der Waals surface area (Å²) in [5, 5.41) is 8.97. The molecule has 1 rings (SSSR count). The number of carbonyl (C=O) groups excluding carboxylic acids is 2. The molecule has 19 heavy (non-hydrogen) atoms. The molecule has 0 radical (unpaired) electrons. The molecule has 0 aliphatic carbocycles. The summed E-state index contributed by atoms with van der Waals surface area (Å²) in [6.07, 6.45) is 2.40. The van der Waals surface area contributed by atoms with Crippen molar-refractivity contribution in [2.24, 2.45) is 5.92 Å². The fourth-order valence-corrected chi connectivity index (χ4v) is 2.35. The first kappa shape index (κ1) is 15.7. The van der Waals surface area contributed by atoms with Crippen molar-refractivity contribution >= 4 is 11.8 Å². The van der Waals surface area contributed by atoms with Gasteiger partial charge in [0.1, 0.15) is 5.54 Å². The predicted molar refractivity (Wildman–Crippen MR) is 75.6 cm³/mol. The Kier molecular flexibility index (Phi) is 4.74. The Balaban J connectivity index is 2.95. The normalized spacial score (nSPS) is 27.5. The second-order valence-corrected chi connectivity index (χ2v) is 6.30. The zero-order valence-corrected chi connectivity index (χ0v) is 12.3. The van der Waals surface area contributed by atoms with Gasteiger partial charge in [-0.3, -0.25) is 9.59 Å². The van der Waals surface area contributed by atoms with E-state index in [1.54, 1.807) is 0 Å². The monoisotopic (exact) mass is 267 g/mol. The Morgan fingerprint density at radius 1 is 1.42 bits per heavy atom. The van der Waals surface area contributed by atoms with Crippen LogP contribution in [0.1, 0.15) is 34.1 Å². The Morgan fingerprint density at radius 2 is 2.05 bits per heavy atom. The molecule has 1 fully saturated rings. The quantitative estimate of drug-likeness (QED) is 0.655. The molecule has 0 saturated carbocycles. The van der Waals surface area contributed by atoms with E-state index in [0.717, 1.165) is 6.54 Å². The van der Waals surface area contributed by atoms with Gasteiger partial charge in [-0.2, -0.15) is 0 Å². The van der Waals surface area contributed by atoms with Crippen molar-refractivity contribution in [3.8, 4) is 0 Å². The van der Waals surface area contributed by atoms with E-state index in [2.05, 4.69) is 22.5 Å². The van der Waals surface area contributed by atoms with Gasteiger partial charge in [0.05, 0.1) is 0 Å². The molecule has 1 aliphatic heterocycles. The average Bonchev–Trinajstić information content (AvgIpc) is 2.26. The van der Waals surface area contributed by atoms with E-state index in [9.17, 15) is 9.59 Å². The summed E-state index contributed by atoms with van der Waals surface area (Å²) in [6.45, 7) is 12.2. The number of nitrogens with one attached hydrogen (secondary N) is 3. The van der Waals surface area contributed by atoms with Crippen molar-refractivity contribution < 1.29 is 9.59 Å². The highest BCUT2D eigenvalue weighted by molar-refractivity contribution is 5.91. The molecule has 2 amide bonds. The van der Waals surface area contributed by atoms with Crippen LogP contribution < -0.4 is 16.0 Å². The van der Waals surface area contributed by atoms with Gasteiger partial charge < -0.3 is 16.0 Å². The summed E-state index contributed by atoms with van der Waals surface area (Å²) >= 11 is 0. The molecule has 0 aromatic heterocycles. The molecule has 1 heterocycles. The van der Waals surface area contributed by atoms with Gasteiger partial charge in [0.25, 0.3) is 0 Å². The van der Waals surface area contributed by atoms with Gasteiger partial charge in [-0.05, 0) is 33.1 Å². The fraction of sp³-hybridized carbons (Fsp3) is 0.714. The molecule has 1 saturated heterocycles. The van der Waals surface area contributed by atoms with E-state index in [4.69, 9.17) is 0 Å². The Hall–Kier alpha value is -1.36. The van der Waals surface area contributed by atoms with Crippen LogP contribution in [0.5, 0.6) is 0 Å². The second kappa shape index (κ2) is 5.74. The van der Waals surface area contributed by atoms with E-state index in [1.807, 2.05) is 26.8 Å². The van der Waals surface area contributed by atoms with Crippen molar-refractivity contribution in [1.29, 1.82) is 0 Å². The van der Waals surface area contributed by atoms with Gasteiger partial charge in [0, 0.05) is 25.6 Å². The summed E-state index contributed by atoms with van der Waals surface area (Å²) in [7, 11) is 0. The second-order valence-electron chi connectivity index (χ2n) is 6.30. The van der Waals surface area contributed by atoms with Crippen LogP contribution in [0.25, 0.3) is 0 Å². The van der Waals surface area contributed by atoms with Crippen molar-refractivity contribution in [3.63, 3.8) is 0 Å². The summed E-state index contributed by atoms with van der Waals surface area (Å²) in [6, 6.07) is 0. The van der Waals surface area contributed by atoms with Crippen LogP contribution in [-0.4, -0.2) is 36.0 Å². The van der Waals surface area contributed by atoms with E-state index in [-0.39, 0.29) is 23.3 Å². The molecule has 1 aliphatic rings. The lowest BCUT2D eigenvalue weighted by molar-refractivity contribution is -0.135. The van der Waals surface area contributed by atoms with Crippen LogP contribution in [0.3, 0.4) is 0 Å². The summed E-state index contributed by atoms with van der Waals surface area (Å²) in [4.78, 5) is 24.0. The topological polar surface area (TPSA) is 70.2 Å². The number of amides is 2. The average molecular weight is 267 g/mol. The van der Waals surface area contributed by atoms with Crippen LogP contribution in [0.4, 0.5) is 0 Å². The Bertz CT molecular complexity index is 373. The number of hydrogen-bond donors (Lipinski definition) is 3. The molecular weight excluding hydrogens is 242 g/mol. The lowest BCUT2D eigenvalue weighted by Gasteiger charge is -2.41. The van der Waals surface area contributed by atoms with Gasteiger partial charge in [-0.25, -0.2) is 0 Å². The molecule has 2 atom stereocenters. The van der Waals surface area contributed by atoms with Gasteiger partial charge in [-0.15, -0.1) is 6.58 Å². The van der Waals surface area contributed by atoms with E-state index in [0.29, 0.717) is 13.0 Å². The van der Waals surface area contributed by atoms with Crippen molar-refractivity contribution in [2.75, 3.05) is 13.1 Å². The maximum atomic E-state index is 12.5. The third kappa shape index (κ3) is 4.35. The first-order chi connectivity index (χ1) is 8.68. The minimum absolute atomic E-state index is 0.144. The van der Waals surface area contributed by atoms with Crippen molar-refractivity contribution in [2.45, 2.75) is 45.2 Å². The van der Waals surface area contributed by atoms with Gasteiger partial charge in [0.2, 0.25) is 11.8 Å². The number of carbonyl (C=O) groups is 2. The minimum Gasteiger partial charge on any atom is -0.349 e. The van der Waals surface area contributed by atoms with E-state index >= 15 is 0 Å². The zero-order valence-electron chi connectivity index (χ0n) is 12.3. The highest BCUT2D eigenvalue weighted by atomic mass is 16.2. The standard InChI is InChI=1S/C14H25N3O2/c1-6-11-7-14(9-15-8-11,16-10(2)18)12(19)17-13(3,4)5/h6,11,15H,1,7-9H2,2-5H3,(H,16,18)(H,17,19). The molecule has 5 heteroatoms. The van der Waals surface area contributed by atoms with Crippen LogP contribution in [0.2, 0.25) is 0 Å². The lowest BCUT2D eigenvalue weighted by atomic mass is 9.82. The molecule has 0 aromatic rings. The molecule has 0 bridgehead atoms. The first-order valence-corrected chi connectivity index (χ1v) is 6.63. The lowest BCUT2D eigenvalue weighted by Crippen LogP contribution is -2.68. The van der Waals surface area contributed by atoms with Crippen LogP contribution in [-0.2, 0) is 9.59 Å². The highest BCUT2D eigenvalue weighted by Gasteiger charge is 2.43. The third-order valence-electron chi connectivity index (χ3n) is 3.12. The van der Waals surface area contributed by atoms with Gasteiger partial charge in [0.15, 0.2) is 0 Å². The van der Waals surface area contributed by atoms with Crippen LogP contribution in [0.15, 0.2) is 12.7 Å². The largest absolute Gasteiger partial charge is 0.349 e. The Morgan fingerprint density at radius 3 is 2.53 bits per heavy atom. The van der Waals surface area contributed by atoms with Gasteiger partial charge in [-0.1, -0.05) is 6.08 Å². The molecular formula is C14H25N3O2. The first-order valence-electron chi connectivity index (χ1n) is 6.63. The fourth-order valence-electron chi connectivity index (χ4n) is 2.35. The summed E-state index contributed by atoms with van der Waals surface area (Å²) in [5.41, 5.74) is -1.22. The van der Waals surface area contributed by atoms with E-state index in [1.165, 1.54) is 6.92 Å². The molecule has 108 valence electrons. The summed E-state index contributed by atoms with van der Waals surface area (Å²) in [5.74, 6) is -0.170. The number of piperidine rings is 1. The zero-order chi connectivity index (χ0) is 14.7. The Labute approximate surface area is 115 Å². The molecule has 5 nitrogen and oxygen atoms in total. The minimum atomic E-state index is -0.893. The van der Waals surface area contributed by atoms with Crippen LogP contribution >= 0.6 is 0 Å². The molecule has 2 unspecified atom stereocenters. The third-order valence-corrected chi connectivity index (χ3v) is 3.12. The molecule has 0 aromatic carbocycles. The SMILES string of the molecule is C=CC1CNCC(NC(C)=O)(C(=O)NC(C)(C)C)C1. The molecule has 3 N–H and O–H groups in total. The number of hydrogen-bond acceptors (Lipinski definition) is 3. The maximum absolute atomic E-state index is 12.5. The predicted octanol–water partition coefficient (Wildman–Crippen LogP) is 0.572. The number of rotatable bonds is 3. The van der Waals surface area contributed by atoms with Crippen LogP contribution in [0, 0.1) is 5.92 Å². The van der Waals surface area contributed by atoms with Gasteiger partial charge >= 0.3 is 0 Å².